The van der Waals surface area contributed by atoms with Crippen LogP contribution in [0.1, 0.15) is 23.3 Å². The molecule has 2 rings (SSSR count). The summed E-state index contributed by atoms with van der Waals surface area (Å²) in [6, 6.07) is 1.35. The third kappa shape index (κ3) is 2.36. The maximum Gasteiger partial charge on any atom is 0.267 e. The molecule has 0 radical (unpaired) electrons. The van der Waals surface area contributed by atoms with Crippen molar-refractivity contribution in [2.24, 2.45) is 5.73 Å². The van der Waals surface area contributed by atoms with Gasteiger partial charge in [-0.1, -0.05) is 0 Å². The van der Waals surface area contributed by atoms with Gasteiger partial charge in [0.25, 0.3) is 5.91 Å². The van der Waals surface area contributed by atoms with Gasteiger partial charge in [-0.25, -0.2) is 22.7 Å². The number of carbonyl (C=O) groups excluding carboxylic acids is 1. The van der Waals surface area contributed by atoms with Gasteiger partial charge in [-0.05, 0) is 18.9 Å². The van der Waals surface area contributed by atoms with E-state index in [0.29, 0.717) is 13.0 Å². The zero-order chi connectivity index (χ0) is 12.5. The van der Waals surface area contributed by atoms with Gasteiger partial charge in [-0.15, -0.1) is 0 Å². The van der Waals surface area contributed by atoms with Crippen molar-refractivity contribution in [1.82, 2.24) is 9.97 Å². The van der Waals surface area contributed by atoms with Gasteiger partial charge in [0.05, 0.1) is 5.75 Å². The van der Waals surface area contributed by atoms with Gasteiger partial charge in [0.2, 0.25) is 16.0 Å². The fraction of sp³-hybridized carbons (Fsp3) is 0.444. The molecule has 0 aliphatic carbocycles. The van der Waals surface area contributed by atoms with Gasteiger partial charge in [0.15, 0.2) is 0 Å². The first-order chi connectivity index (χ1) is 8.00. The lowest BCUT2D eigenvalue weighted by Crippen LogP contribution is -2.39. The number of amides is 1. The topological polar surface area (TPSA) is 106 Å². The lowest BCUT2D eigenvalue weighted by Gasteiger charge is -2.26. The zero-order valence-corrected chi connectivity index (χ0v) is 9.85. The van der Waals surface area contributed by atoms with Crippen LogP contribution in [0.3, 0.4) is 0 Å². The second-order valence-electron chi connectivity index (χ2n) is 3.70. The first-order valence-corrected chi connectivity index (χ1v) is 6.75. The summed E-state index contributed by atoms with van der Waals surface area (Å²) >= 11 is 0. The molecule has 2 heterocycles. The van der Waals surface area contributed by atoms with Gasteiger partial charge in [-0.3, -0.25) is 4.79 Å². The molecule has 1 aliphatic rings. The maximum absolute atomic E-state index is 11.8. The molecule has 0 saturated carbocycles. The van der Waals surface area contributed by atoms with E-state index in [0.717, 1.165) is 10.7 Å². The molecule has 8 heteroatoms. The standard InChI is InChI=1S/C9H12N4O3S/c10-8(14)7-3-4-11-9(12-7)13-5-1-2-6-17(13,15)16/h3-4H,1-2,5-6H2,(H2,10,14). The fourth-order valence-electron chi connectivity index (χ4n) is 1.62. The second kappa shape index (κ2) is 4.28. The smallest absolute Gasteiger partial charge is 0.267 e. The predicted octanol–water partition coefficient (Wildman–Crippen LogP) is -0.494. The molecule has 2 N–H and O–H groups in total. The van der Waals surface area contributed by atoms with Crippen LogP contribution in [0.4, 0.5) is 5.95 Å². The fourth-order valence-corrected chi connectivity index (χ4v) is 3.15. The molecule has 92 valence electrons. The van der Waals surface area contributed by atoms with Crippen LogP contribution in [0.15, 0.2) is 12.3 Å². The average Bonchev–Trinajstić information content (AvgIpc) is 2.28. The SMILES string of the molecule is NC(=O)c1ccnc(N2CCCCS2(=O)=O)n1. The Morgan fingerprint density at radius 2 is 2.18 bits per heavy atom. The quantitative estimate of drug-likeness (QED) is 0.768. The number of hydrogen-bond donors (Lipinski definition) is 1. The molecule has 17 heavy (non-hydrogen) atoms. The Bertz CT molecular complexity index is 543. The van der Waals surface area contributed by atoms with Crippen molar-refractivity contribution in [3.8, 4) is 0 Å². The lowest BCUT2D eigenvalue weighted by molar-refractivity contribution is 0.0995. The summed E-state index contributed by atoms with van der Waals surface area (Å²) in [7, 11) is -3.36. The number of sulfonamides is 1. The van der Waals surface area contributed by atoms with Crippen LogP contribution in [0.25, 0.3) is 0 Å². The van der Waals surface area contributed by atoms with Crippen molar-refractivity contribution in [3.63, 3.8) is 0 Å². The summed E-state index contributed by atoms with van der Waals surface area (Å²) < 4.78 is 24.7. The molecule has 0 unspecified atom stereocenters. The molecule has 1 aromatic rings. The summed E-state index contributed by atoms with van der Waals surface area (Å²) in [6.45, 7) is 0.338. The summed E-state index contributed by atoms with van der Waals surface area (Å²) in [5, 5.41) is 0. The van der Waals surface area contributed by atoms with E-state index < -0.39 is 15.9 Å². The van der Waals surface area contributed by atoms with Crippen LogP contribution in [-0.2, 0) is 10.0 Å². The van der Waals surface area contributed by atoms with E-state index >= 15 is 0 Å². The number of anilines is 1. The van der Waals surface area contributed by atoms with E-state index in [1.807, 2.05) is 0 Å². The highest BCUT2D eigenvalue weighted by molar-refractivity contribution is 7.92. The molecule has 0 spiro atoms. The Morgan fingerprint density at radius 3 is 2.82 bits per heavy atom. The summed E-state index contributed by atoms with van der Waals surface area (Å²) in [4.78, 5) is 18.7. The van der Waals surface area contributed by atoms with Crippen molar-refractivity contribution in [2.75, 3.05) is 16.6 Å². The van der Waals surface area contributed by atoms with Crippen molar-refractivity contribution in [1.29, 1.82) is 0 Å². The molecule has 1 fully saturated rings. The van der Waals surface area contributed by atoms with Crippen LogP contribution in [-0.4, -0.2) is 36.6 Å². The minimum Gasteiger partial charge on any atom is -0.364 e. The summed E-state index contributed by atoms with van der Waals surface area (Å²) in [5.41, 5.74) is 5.09. The van der Waals surface area contributed by atoms with Gasteiger partial charge >= 0.3 is 0 Å². The molecule has 7 nitrogen and oxygen atoms in total. The molecule has 0 bridgehead atoms. The van der Waals surface area contributed by atoms with E-state index in [1.54, 1.807) is 0 Å². The van der Waals surface area contributed by atoms with E-state index in [2.05, 4.69) is 9.97 Å². The van der Waals surface area contributed by atoms with Crippen molar-refractivity contribution < 1.29 is 13.2 Å². The molecule has 1 aromatic heterocycles. The summed E-state index contributed by atoms with van der Waals surface area (Å²) in [6.07, 6.45) is 2.71. The monoisotopic (exact) mass is 256 g/mol. The molecular weight excluding hydrogens is 244 g/mol. The molecule has 1 saturated heterocycles. The van der Waals surface area contributed by atoms with Gasteiger partial charge in [-0.2, -0.15) is 0 Å². The first-order valence-electron chi connectivity index (χ1n) is 5.14. The predicted molar refractivity (Wildman–Crippen MR) is 60.9 cm³/mol. The van der Waals surface area contributed by atoms with Crippen LogP contribution in [0.5, 0.6) is 0 Å². The number of hydrogen-bond acceptors (Lipinski definition) is 5. The Labute approximate surface area is 98.7 Å². The number of carbonyl (C=O) groups is 1. The average molecular weight is 256 g/mol. The van der Waals surface area contributed by atoms with E-state index in [1.165, 1.54) is 12.3 Å². The lowest BCUT2D eigenvalue weighted by atomic mass is 10.3. The van der Waals surface area contributed by atoms with Gasteiger partial charge in [0, 0.05) is 12.7 Å². The second-order valence-corrected chi connectivity index (χ2v) is 5.71. The van der Waals surface area contributed by atoms with Crippen molar-refractivity contribution >= 4 is 21.9 Å². The number of primary amides is 1. The van der Waals surface area contributed by atoms with Crippen molar-refractivity contribution in [3.05, 3.63) is 18.0 Å². The molecule has 0 atom stereocenters. The van der Waals surface area contributed by atoms with E-state index in [4.69, 9.17) is 5.73 Å². The van der Waals surface area contributed by atoms with Gasteiger partial charge in [0.1, 0.15) is 5.69 Å². The number of aromatic nitrogens is 2. The van der Waals surface area contributed by atoms with Crippen LogP contribution in [0.2, 0.25) is 0 Å². The highest BCUT2D eigenvalue weighted by Crippen LogP contribution is 2.19. The van der Waals surface area contributed by atoms with Crippen LogP contribution >= 0.6 is 0 Å². The van der Waals surface area contributed by atoms with Crippen LogP contribution in [0, 0.1) is 0 Å². The van der Waals surface area contributed by atoms with Crippen LogP contribution < -0.4 is 10.0 Å². The number of nitrogens with two attached hydrogens (primary N) is 1. The Morgan fingerprint density at radius 1 is 1.41 bits per heavy atom. The first kappa shape index (κ1) is 11.8. The van der Waals surface area contributed by atoms with Crippen molar-refractivity contribution in [2.45, 2.75) is 12.8 Å². The third-order valence-electron chi connectivity index (χ3n) is 2.47. The molecule has 1 amide bonds. The Hall–Kier alpha value is -1.70. The number of rotatable bonds is 2. The Kier molecular flexibility index (Phi) is 2.97. The number of nitrogens with zero attached hydrogens (tertiary/aromatic N) is 3. The maximum atomic E-state index is 11.8. The van der Waals surface area contributed by atoms with Gasteiger partial charge < -0.3 is 5.73 Å². The molecular formula is C9H12N4O3S. The normalized spacial score (nSPS) is 18.9. The minimum atomic E-state index is -3.36. The highest BCUT2D eigenvalue weighted by Gasteiger charge is 2.28. The highest BCUT2D eigenvalue weighted by atomic mass is 32.2. The van der Waals surface area contributed by atoms with E-state index in [9.17, 15) is 13.2 Å². The summed E-state index contributed by atoms with van der Waals surface area (Å²) in [5.74, 6) is -0.610. The Balaban J connectivity index is 2.39. The largest absolute Gasteiger partial charge is 0.364 e. The van der Waals surface area contributed by atoms with E-state index in [-0.39, 0.29) is 17.4 Å². The minimum absolute atomic E-state index is 0.00998. The molecule has 0 aromatic carbocycles. The zero-order valence-electron chi connectivity index (χ0n) is 9.04. The molecule has 1 aliphatic heterocycles. The third-order valence-corrected chi connectivity index (χ3v) is 4.29.